The van der Waals surface area contributed by atoms with Crippen molar-refractivity contribution >= 4 is 11.7 Å². The van der Waals surface area contributed by atoms with Crippen LogP contribution in [0.3, 0.4) is 0 Å². The quantitative estimate of drug-likeness (QED) is 0.758. The molecule has 0 aliphatic carbocycles. The minimum absolute atomic E-state index is 0.0448. The number of aryl methyl sites for hydroxylation is 1. The van der Waals surface area contributed by atoms with Gasteiger partial charge in [-0.25, -0.2) is 9.50 Å². The lowest BCUT2D eigenvalue weighted by molar-refractivity contribution is -0.137. The molecule has 1 N–H and O–H groups in total. The van der Waals surface area contributed by atoms with Crippen LogP contribution in [0.15, 0.2) is 36.5 Å². The van der Waals surface area contributed by atoms with Crippen molar-refractivity contribution in [3.8, 4) is 0 Å². The normalized spacial score (nSPS) is 12.4. The van der Waals surface area contributed by atoms with E-state index in [1.54, 1.807) is 32.2 Å². The van der Waals surface area contributed by atoms with Gasteiger partial charge in [0.05, 0.1) is 5.56 Å². The molecule has 0 saturated heterocycles. The number of fused-ring (bicyclic) bond motifs is 1. The molecule has 3 rings (SSSR count). The van der Waals surface area contributed by atoms with Gasteiger partial charge in [0.2, 0.25) is 5.82 Å². The zero-order valence-electron chi connectivity index (χ0n) is 15.0. The van der Waals surface area contributed by atoms with Crippen LogP contribution in [0.1, 0.15) is 41.3 Å². The van der Waals surface area contributed by atoms with Gasteiger partial charge in [-0.1, -0.05) is 32.0 Å². The molecule has 1 aromatic carbocycles. The number of halogens is 3. The highest BCUT2D eigenvalue weighted by Gasteiger charge is 2.32. The Labute approximate surface area is 153 Å². The van der Waals surface area contributed by atoms with Crippen LogP contribution in [-0.4, -0.2) is 32.0 Å². The van der Waals surface area contributed by atoms with Crippen LogP contribution in [0.2, 0.25) is 0 Å². The molecule has 27 heavy (non-hydrogen) atoms. The summed E-state index contributed by atoms with van der Waals surface area (Å²) in [7, 11) is 0. The van der Waals surface area contributed by atoms with E-state index >= 15 is 0 Å². The average Bonchev–Trinajstić information content (AvgIpc) is 3.05. The number of amides is 1. The van der Waals surface area contributed by atoms with E-state index in [0.717, 1.165) is 17.8 Å². The summed E-state index contributed by atoms with van der Waals surface area (Å²) in [4.78, 5) is 20.5. The maximum absolute atomic E-state index is 12.9. The molecule has 0 saturated carbocycles. The number of nitrogens with one attached hydrogen (secondary N) is 1. The molecule has 0 aliphatic rings. The molecule has 2 aromatic heterocycles. The summed E-state index contributed by atoms with van der Waals surface area (Å²) in [6, 6.07) is 6.83. The number of carbonyl (C=O) groups excluding carboxylic acids is 1. The van der Waals surface area contributed by atoms with Crippen molar-refractivity contribution in [2.75, 3.05) is 6.54 Å². The lowest BCUT2D eigenvalue weighted by Gasteiger charge is -2.26. The molecular weight excluding hydrogens is 359 g/mol. The Kier molecular flexibility index (Phi) is 4.63. The summed E-state index contributed by atoms with van der Waals surface area (Å²) in [5, 5.41) is 6.80. The smallest absolute Gasteiger partial charge is 0.348 e. The molecule has 1 amide bonds. The molecule has 9 heteroatoms. The van der Waals surface area contributed by atoms with Crippen molar-refractivity contribution in [1.82, 2.24) is 24.9 Å². The zero-order valence-corrected chi connectivity index (χ0v) is 15.0. The van der Waals surface area contributed by atoms with Gasteiger partial charge >= 0.3 is 6.18 Å². The third-order valence-electron chi connectivity index (χ3n) is 4.30. The van der Waals surface area contributed by atoms with E-state index in [4.69, 9.17) is 0 Å². The largest absolute Gasteiger partial charge is 0.416 e. The summed E-state index contributed by atoms with van der Waals surface area (Å²) < 4.78 is 40.2. The SMILES string of the molecule is Cc1ccnc2nc(C(=O)NCC(C)(C)c3cccc(C(F)(F)F)c3)nn12. The highest BCUT2D eigenvalue weighted by molar-refractivity contribution is 5.90. The number of carbonyl (C=O) groups is 1. The molecule has 142 valence electrons. The topological polar surface area (TPSA) is 72.2 Å². The van der Waals surface area contributed by atoms with Crippen LogP contribution >= 0.6 is 0 Å². The second kappa shape index (κ2) is 6.64. The predicted octanol–water partition coefficient (Wildman–Crippen LogP) is 3.16. The zero-order chi connectivity index (χ0) is 19.8. The third kappa shape index (κ3) is 3.91. The van der Waals surface area contributed by atoms with E-state index in [1.807, 2.05) is 6.92 Å². The van der Waals surface area contributed by atoms with E-state index < -0.39 is 23.1 Å². The maximum Gasteiger partial charge on any atom is 0.416 e. The summed E-state index contributed by atoms with van der Waals surface area (Å²) in [6.45, 7) is 5.44. The molecular formula is C18H18F3N5O. The number of aromatic nitrogens is 4. The summed E-state index contributed by atoms with van der Waals surface area (Å²) in [6.07, 6.45) is -2.85. The van der Waals surface area contributed by atoms with Crippen LogP contribution in [0.4, 0.5) is 13.2 Å². The van der Waals surface area contributed by atoms with E-state index in [9.17, 15) is 18.0 Å². The van der Waals surface area contributed by atoms with E-state index in [2.05, 4.69) is 20.4 Å². The number of nitrogens with zero attached hydrogens (tertiary/aromatic N) is 4. The van der Waals surface area contributed by atoms with Gasteiger partial charge in [-0.3, -0.25) is 4.79 Å². The molecule has 0 aliphatic heterocycles. The molecule has 0 radical (unpaired) electrons. The van der Waals surface area contributed by atoms with Gasteiger partial charge in [0, 0.05) is 23.9 Å². The fourth-order valence-electron chi connectivity index (χ4n) is 2.60. The van der Waals surface area contributed by atoms with Crippen molar-refractivity contribution in [2.45, 2.75) is 32.4 Å². The molecule has 0 atom stereocenters. The van der Waals surface area contributed by atoms with E-state index in [0.29, 0.717) is 11.3 Å². The first kappa shape index (κ1) is 18.8. The molecule has 6 nitrogen and oxygen atoms in total. The highest BCUT2D eigenvalue weighted by Crippen LogP contribution is 2.32. The fraction of sp³-hybridized carbons (Fsp3) is 0.333. The van der Waals surface area contributed by atoms with Crippen molar-refractivity contribution in [3.05, 3.63) is 59.2 Å². The average molecular weight is 377 g/mol. The Morgan fingerprint density at radius 3 is 2.56 bits per heavy atom. The molecule has 0 unspecified atom stereocenters. The first-order valence-electron chi connectivity index (χ1n) is 8.22. The number of hydrogen-bond donors (Lipinski definition) is 1. The first-order chi connectivity index (χ1) is 12.6. The lowest BCUT2D eigenvalue weighted by atomic mass is 9.83. The van der Waals surface area contributed by atoms with Crippen LogP contribution in [0, 0.1) is 6.92 Å². The van der Waals surface area contributed by atoms with Gasteiger partial charge in [-0.15, -0.1) is 5.10 Å². The van der Waals surface area contributed by atoms with Gasteiger partial charge in [0.1, 0.15) is 0 Å². The highest BCUT2D eigenvalue weighted by atomic mass is 19.4. The molecule has 0 fully saturated rings. The van der Waals surface area contributed by atoms with Crippen molar-refractivity contribution in [1.29, 1.82) is 0 Å². The third-order valence-corrected chi connectivity index (χ3v) is 4.30. The Morgan fingerprint density at radius 1 is 1.19 bits per heavy atom. The lowest BCUT2D eigenvalue weighted by Crippen LogP contribution is -2.37. The standard InChI is InChI=1S/C18H18F3N5O/c1-11-7-8-22-16-24-14(25-26(11)16)15(27)23-10-17(2,3)12-5-4-6-13(9-12)18(19,20)21/h4-9H,10H2,1-3H3,(H,23,27). The van der Waals surface area contributed by atoms with Gasteiger partial charge in [0.15, 0.2) is 0 Å². The van der Waals surface area contributed by atoms with E-state index in [-0.39, 0.29) is 12.4 Å². The molecule has 0 bridgehead atoms. The summed E-state index contributed by atoms with van der Waals surface area (Å²) in [5.74, 6) is -0.256. The van der Waals surface area contributed by atoms with Crippen molar-refractivity contribution in [2.24, 2.45) is 0 Å². The van der Waals surface area contributed by atoms with Crippen molar-refractivity contribution < 1.29 is 18.0 Å². The maximum atomic E-state index is 12.9. The fourth-order valence-corrected chi connectivity index (χ4v) is 2.60. The van der Waals surface area contributed by atoms with Crippen LogP contribution in [0.5, 0.6) is 0 Å². The molecule has 3 aromatic rings. The Bertz CT molecular complexity index is 994. The number of hydrogen-bond acceptors (Lipinski definition) is 4. The first-order valence-corrected chi connectivity index (χ1v) is 8.22. The summed E-state index contributed by atoms with van der Waals surface area (Å²) >= 11 is 0. The predicted molar refractivity (Wildman–Crippen MR) is 92.3 cm³/mol. The second-order valence-electron chi connectivity index (χ2n) is 6.88. The number of alkyl halides is 3. The Balaban J connectivity index is 1.76. The van der Waals surface area contributed by atoms with Crippen LogP contribution in [0.25, 0.3) is 5.78 Å². The van der Waals surface area contributed by atoms with Gasteiger partial charge in [-0.05, 0) is 24.6 Å². The number of benzene rings is 1. The minimum atomic E-state index is -4.42. The van der Waals surface area contributed by atoms with Crippen LogP contribution < -0.4 is 5.32 Å². The Morgan fingerprint density at radius 2 is 1.89 bits per heavy atom. The second-order valence-corrected chi connectivity index (χ2v) is 6.88. The van der Waals surface area contributed by atoms with E-state index in [1.165, 1.54) is 10.6 Å². The van der Waals surface area contributed by atoms with Gasteiger partial charge in [0.25, 0.3) is 11.7 Å². The molecule has 2 heterocycles. The van der Waals surface area contributed by atoms with Crippen LogP contribution in [-0.2, 0) is 11.6 Å². The van der Waals surface area contributed by atoms with Crippen molar-refractivity contribution in [3.63, 3.8) is 0 Å². The number of rotatable bonds is 4. The molecule has 0 spiro atoms. The minimum Gasteiger partial charge on any atom is -0.348 e. The monoisotopic (exact) mass is 377 g/mol. The summed E-state index contributed by atoms with van der Waals surface area (Å²) in [5.41, 5.74) is -0.193. The van der Waals surface area contributed by atoms with Gasteiger partial charge in [-0.2, -0.15) is 18.2 Å². The van der Waals surface area contributed by atoms with Gasteiger partial charge < -0.3 is 5.32 Å². The Hall–Kier alpha value is -2.97.